The van der Waals surface area contributed by atoms with Crippen molar-refractivity contribution in [3.8, 4) is 0 Å². The zero-order chi connectivity index (χ0) is 23.4. The highest BCUT2D eigenvalue weighted by atomic mass is 31.2. The molecule has 31 heavy (non-hydrogen) atoms. The number of aliphatic hydroxyl groups is 2. The van der Waals surface area contributed by atoms with Crippen molar-refractivity contribution in [1.29, 1.82) is 0 Å². The number of Topliss-reactive ketones (excluding diaryl/α,β-unsaturated/α-hetero) is 2. The molecule has 0 aromatic heterocycles. The Morgan fingerprint density at radius 2 is 1.81 bits per heavy atom. The van der Waals surface area contributed by atoms with Gasteiger partial charge in [-0.05, 0) is 49.7 Å². The summed E-state index contributed by atoms with van der Waals surface area (Å²) in [6.07, 6.45) is 7.82. The number of hydrogen-bond acceptors (Lipinski definition) is 6. The van der Waals surface area contributed by atoms with Crippen molar-refractivity contribution < 1.29 is 43.8 Å². The molecule has 3 saturated carbocycles. The van der Waals surface area contributed by atoms with Crippen molar-refractivity contribution in [2.45, 2.75) is 51.6 Å². The smallest absolute Gasteiger partial charge is 0.388 e. The molecule has 9 nitrogen and oxygen atoms in total. The van der Waals surface area contributed by atoms with Crippen LogP contribution in [0.5, 0.6) is 0 Å². The number of phosphoric acid groups is 1. The molecule has 0 bridgehead atoms. The van der Waals surface area contributed by atoms with Crippen LogP contribution in [-0.4, -0.2) is 54.5 Å². The van der Waals surface area contributed by atoms with Crippen LogP contribution in [0.15, 0.2) is 23.8 Å². The molecule has 0 radical (unpaired) electrons. The minimum Gasteiger partial charge on any atom is -0.388 e. The molecule has 0 unspecified atom stereocenters. The third-order valence-electron chi connectivity index (χ3n) is 8.01. The molecule has 0 aromatic rings. The van der Waals surface area contributed by atoms with Crippen molar-refractivity contribution in [1.82, 2.24) is 0 Å². The number of allylic oxidation sites excluding steroid dienone is 4. The summed E-state index contributed by atoms with van der Waals surface area (Å²) < 4.78 is 8.88. The second-order valence-corrected chi connectivity index (χ2v) is 10.6. The van der Waals surface area contributed by atoms with Crippen molar-refractivity contribution in [3.05, 3.63) is 23.8 Å². The highest BCUT2D eigenvalue weighted by Crippen LogP contribution is 2.66. The standard InChI is InChI=1S/C21H26O5.H3O4P/c1-19-7-5-13(23)9-12(19)3-4-14-15-6-8-21(26,17(25)11-22)20(15,2)10-16(24)18(14)19;1-5(2,3)4/h5,7,9,14-15,18,22,26H,3-4,6,8,10-11H2,1-2H3;(H3,1,2,3,4)/t14-,15-,18+,19-,20-,21-;/m0./s1. The van der Waals surface area contributed by atoms with E-state index in [0.29, 0.717) is 12.8 Å². The van der Waals surface area contributed by atoms with Gasteiger partial charge in [-0.15, -0.1) is 0 Å². The molecule has 10 heteroatoms. The summed E-state index contributed by atoms with van der Waals surface area (Å²) >= 11 is 0. The van der Waals surface area contributed by atoms with Crippen molar-refractivity contribution >= 4 is 25.2 Å². The number of rotatable bonds is 2. The van der Waals surface area contributed by atoms with Crippen LogP contribution in [0.3, 0.4) is 0 Å². The van der Waals surface area contributed by atoms with Crippen LogP contribution in [0.2, 0.25) is 0 Å². The summed E-state index contributed by atoms with van der Waals surface area (Å²) in [5.41, 5.74) is -1.86. The molecular weight excluding hydrogens is 427 g/mol. The van der Waals surface area contributed by atoms with Gasteiger partial charge in [0.25, 0.3) is 0 Å². The van der Waals surface area contributed by atoms with Crippen LogP contribution in [0.1, 0.15) is 46.0 Å². The lowest BCUT2D eigenvalue weighted by Crippen LogP contribution is -2.60. The monoisotopic (exact) mass is 456 g/mol. The maximum Gasteiger partial charge on any atom is 0.466 e. The van der Waals surface area contributed by atoms with Gasteiger partial charge in [0.05, 0.1) is 0 Å². The van der Waals surface area contributed by atoms with E-state index in [0.717, 1.165) is 18.4 Å². The molecule has 4 aliphatic rings. The second kappa shape index (κ2) is 7.83. The van der Waals surface area contributed by atoms with Gasteiger partial charge >= 0.3 is 7.82 Å². The molecule has 6 atom stereocenters. The Morgan fingerprint density at radius 1 is 1.19 bits per heavy atom. The van der Waals surface area contributed by atoms with Gasteiger partial charge < -0.3 is 24.9 Å². The minimum atomic E-state index is -4.64. The number of hydrogen-bond donors (Lipinski definition) is 5. The summed E-state index contributed by atoms with van der Waals surface area (Å²) in [7, 11) is -4.64. The van der Waals surface area contributed by atoms with Gasteiger partial charge in [-0.1, -0.05) is 25.5 Å². The van der Waals surface area contributed by atoms with E-state index < -0.39 is 36.6 Å². The Hall–Kier alpha value is -1.48. The van der Waals surface area contributed by atoms with Gasteiger partial charge in [0.2, 0.25) is 0 Å². The number of carbonyl (C=O) groups excluding carboxylic acids is 3. The molecule has 0 heterocycles. The summed E-state index contributed by atoms with van der Waals surface area (Å²) in [5, 5.41) is 20.5. The van der Waals surface area contributed by atoms with Gasteiger partial charge in [-0.2, -0.15) is 0 Å². The van der Waals surface area contributed by atoms with Crippen LogP contribution in [0, 0.1) is 28.6 Å². The first-order valence-electron chi connectivity index (χ1n) is 10.3. The maximum absolute atomic E-state index is 13.3. The summed E-state index contributed by atoms with van der Waals surface area (Å²) in [6, 6.07) is 0. The number of aliphatic hydroxyl groups excluding tert-OH is 1. The van der Waals surface area contributed by atoms with Gasteiger partial charge in [-0.25, -0.2) is 4.57 Å². The maximum atomic E-state index is 13.3. The van der Waals surface area contributed by atoms with Gasteiger partial charge in [0.15, 0.2) is 11.6 Å². The first-order valence-corrected chi connectivity index (χ1v) is 11.9. The van der Waals surface area contributed by atoms with Crippen LogP contribution >= 0.6 is 7.82 Å². The van der Waals surface area contributed by atoms with Gasteiger partial charge in [0.1, 0.15) is 18.0 Å². The molecule has 172 valence electrons. The number of ketones is 3. The van der Waals surface area contributed by atoms with E-state index in [1.165, 1.54) is 0 Å². The topological polar surface area (TPSA) is 169 Å². The average Bonchev–Trinajstić information content (AvgIpc) is 2.91. The first kappa shape index (κ1) is 24.2. The fraction of sp³-hybridized carbons (Fsp3) is 0.667. The minimum absolute atomic E-state index is 0.0206. The number of fused-ring (bicyclic) bond motifs is 5. The van der Waals surface area contributed by atoms with E-state index in [1.54, 1.807) is 12.2 Å². The molecule has 0 aromatic carbocycles. The molecule has 0 amide bonds. The summed E-state index contributed by atoms with van der Waals surface area (Å²) in [5.74, 6) is -0.590. The quantitative estimate of drug-likeness (QED) is 0.378. The van der Waals surface area contributed by atoms with Crippen LogP contribution in [-0.2, 0) is 18.9 Å². The average molecular weight is 456 g/mol. The largest absolute Gasteiger partial charge is 0.466 e. The SMILES string of the molecule is C[C@]12C=CC(=O)C=C1CC[C@@H]1[C@@H]2C(=O)C[C@@]2(C)[C@H]1CC[C@]2(O)C(=O)CO.O=P(O)(O)O. The molecule has 4 rings (SSSR count). The van der Waals surface area contributed by atoms with Gasteiger partial charge in [0, 0.05) is 23.2 Å². The van der Waals surface area contributed by atoms with Crippen molar-refractivity contribution in [3.63, 3.8) is 0 Å². The van der Waals surface area contributed by atoms with E-state index >= 15 is 0 Å². The molecule has 5 N–H and O–H groups in total. The van der Waals surface area contributed by atoms with E-state index in [-0.39, 0.29) is 35.7 Å². The molecule has 0 aliphatic heterocycles. The zero-order valence-electron chi connectivity index (χ0n) is 17.5. The van der Waals surface area contributed by atoms with Crippen LogP contribution in [0.4, 0.5) is 0 Å². The summed E-state index contributed by atoms with van der Waals surface area (Å²) in [6.45, 7) is 3.19. The first-order chi connectivity index (χ1) is 14.2. The Balaban J connectivity index is 0.000000491. The predicted molar refractivity (Wildman–Crippen MR) is 108 cm³/mol. The Kier molecular flexibility index (Phi) is 6.10. The highest BCUT2D eigenvalue weighted by molar-refractivity contribution is 7.45. The molecular formula is C21H29O9P. The predicted octanol–water partition coefficient (Wildman–Crippen LogP) is 0.837. The van der Waals surface area contributed by atoms with Crippen molar-refractivity contribution in [2.24, 2.45) is 28.6 Å². The van der Waals surface area contributed by atoms with Crippen LogP contribution in [0.25, 0.3) is 0 Å². The normalized spacial score (nSPS) is 41.4. The van der Waals surface area contributed by atoms with Crippen molar-refractivity contribution in [2.75, 3.05) is 6.61 Å². The lowest BCUT2D eigenvalue weighted by atomic mass is 9.46. The Labute approximate surface area is 180 Å². The summed E-state index contributed by atoms with van der Waals surface area (Å²) in [4.78, 5) is 59.0. The number of carbonyl (C=O) groups is 3. The fourth-order valence-corrected chi connectivity index (χ4v) is 6.62. The zero-order valence-corrected chi connectivity index (χ0v) is 18.4. The lowest BCUT2D eigenvalue weighted by molar-refractivity contribution is -0.168. The highest BCUT2D eigenvalue weighted by Gasteiger charge is 2.68. The Morgan fingerprint density at radius 3 is 2.39 bits per heavy atom. The molecule has 0 spiro atoms. The molecule has 0 saturated heterocycles. The molecule has 4 aliphatic carbocycles. The van der Waals surface area contributed by atoms with E-state index in [4.69, 9.17) is 19.2 Å². The third-order valence-corrected chi connectivity index (χ3v) is 8.01. The van der Waals surface area contributed by atoms with E-state index in [9.17, 15) is 24.6 Å². The fourth-order valence-electron chi connectivity index (χ4n) is 6.62. The third kappa shape index (κ3) is 3.92. The van der Waals surface area contributed by atoms with E-state index in [2.05, 4.69) is 0 Å². The lowest BCUT2D eigenvalue weighted by Gasteiger charge is -2.56. The van der Waals surface area contributed by atoms with Crippen LogP contribution < -0.4 is 0 Å². The molecule has 3 fully saturated rings. The van der Waals surface area contributed by atoms with E-state index in [1.807, 2.05) is 19.9 Å². The van der Waals surface area contributed by atoms with Gasteiger partial charge in [-0.3, -0.25) is 14.4 Å². The second-order valence-electron chi connectivity index (χ2n) is 9.53. The Bertz CT molecular complexity index is 910.